The Morgan fingerprint density at radius 1 is 1.25 bits per heavy atom. The summed E-state index contributed by atoms with van der Waals surface area (Å²) in [6.07, 6.45) is 0.882. The van der Waals surface area contributed by atoms with Gasteiger partial charge in [0.05, 0.1) is 5.54 Å². The van der Waals surface area contributed by atoms with E-state index in [0.717, 1.165) is 6.07 Å². The molecule has 112 valence electrons. The van der Waals surface area contributed by atoms with Crippen LogP contribution in [-0.4, -0.2) is 24.7 Å². The fourth-order valence-corrected chi connectivity index (χ4v) is 2.03. The van der Waals surface area contributed by atoms with Crippen LogP contribution in [0.1, 0.15) is 18.4 Å². The van der Waals surface area contributed by atoms with Crippen LogP contribution in [-0.2, 0) is 16.1 Å². The number of hydrogen-bond acceptors (Lipinski definition) is 3. The summed E-state index contributed by atoms with van der Waals surface area (Å²) in [5.41, 5.74) is 5.39. The normalized spacial score (nSPS) is 17.1. The van der Waals surface area contributed by atoms with Crippen molar-refractivity contribution in [3.8, 4) is 0 Å². The van der Waals surface area contributed by atoms with Gasteiger partial charge in [0.2, 0.25) is 5.91 Å². The van der Waals surface area contributed by atoms with Crippen LogP contribution in [0.3, 0.4) is 0 Å². The first kappa shape index (κ1) is 16.8. The smallest absolute Gasteiger partial charge is 0.240 e. The van der Waals surface area contributed by atoms with Gasteiger partial charge in [-0.15, -0.1) is 12.4 Å². The molecule has 0 radical (unpaired) electrons. The molecule has 0 unspecified atom stereocenters. The average Bonchev–Trinajstić information content (AvgIpc) is 2.35. The predicted molar refractivity (Wildman–Crippen MR) is 72.4 cm³/mol. The summed E-state index contributed by atoms with van der Waals surface area (Å²) in [4.78, 5) is 12.0. The second-order valence-electron chi connectivity index (χ2n) is 4.73. The molecule has 1 aliphatic heterocycles. The standard InChI is InChI=1S/C13H16F2N2O2.ClH/c14-10-5-9(6-11(15)7-10)8-17-12(18)13(16)1-3-19-4-2-13;/h5-7H,1-4,8,16H2,(H,17,18);1H. The molecular formula is C13H17ClF2N2O2. The number of carbonyl (C=O) groups excluding carboxylic acids is 1. The van der Waals surface area contributed by atoms with E-state index in [-0.39, 0.29) is 24.9 Å². The van der Waals surface area contributed by atoms with E-state index < -0.39 is 17.2 Å². The second-order valence-corrected chi connectivity index (χ2v) is 4.73. The summed E-state index contributed by atoms with van der Waals surface area (Å²) in [6, 6.07) is 3.14. The highest BCUT2D eigenvalue weighted by molar-refractivity contribution is 5.86. The first-order chi connectivity index (χ1) is 8.99. The number of halogens is 3. The fraction of sp³-hybridized carbons (Fsp3) is 0.462. The van der Waals surface area contributed by atoms with Crippen molar-refractivity contribution in [1.82, 2.24) is 5.32 Å². The maximum atomic E-state index is 13.0. The Morgan fingerprint density at radius 3 is 2.35 bits per heavy atom. The Kier molecular flexibility index (Phi) is 5.86. The SMILES string of the molecule is Cl.NC1(C(=O)NCc2cc(F)cc(F)c2)CCOCC1. The number of hydrogen-bond donors (Lipinski definition) is 2. The van der Waals surface area contributed by atoms with E-state index in [1.54, 1.807) is 0 Å². The minimum atomic E-state index is -0.954. The Bertz CT molecular complexity index is 459. The van der Waals surface area contributed by atoms with Gasteiger partial charge >= 0.3 is 0 Å². The maximum Gasteiger partial charge on any atom is 0.240 e. The Labute approximate surface area is 122 Å². The van der Waals surface area contributed by atoms with Crippen LogP contribution in [0.2, 0.25) is 0 Å². The van der Waals surface area contributed by atoms with Gasteiger partial charge in [0, 0.05) is 25.8 Å². The molecule has 4 nitrogen and oxygen atoms in total. The van der Waals surface area contributed by atoms with Gasteiger partial charge in [0.25, 0.3) is 0 Å². The van der Waals surface area contributed by atoms with Crippen LogP contribution in [0.4, 0.5) is 8.78 Å². The van der Waals surface area contributed by atoms with Crippen molar-refractivity contribution >= 4 is 18.3 Å². The molecular weight excluding hydrogens is 290 g/mol. The molecule has 1 aliphatic rings. The molecule has 20 heavy (non-hydrogen) atoms. The molecule has 2 rings (SSSR count). The third-order valence-corrected chi connectivity index (χ3v) is 3.21. The zero-order valence-corrected chi connectivity index (χ0v) is 11.6. The minimum Gasteiger partial charge on any atom is -0.381 e. The van der Waals surface area contributed by atoms with Crippen molar-refractivity contribution in [1.29, 1.82) is 0 Å². The number of benzene rings is 1. The van der Waals surface area contributed by atoms with Crippen LogP contribution < -0.4 is 11.1 Å². The molecule has 0 bridgehead atoms. The highest BCUT2D eigenvalue weighted by atomic mass is 35.5. The van der Waals surface area contributed by atoms with Gasteiger partial charge in [0.1, 0.15) is 11.6 Å². The van der Waals surface area contributed by atoms with Crippen molar-refractivity contribution in [3.63, 3.8) is 0 Å². The molecule has 3 N–H and O–H groups in total. The Morgan fingerprint density at radius 2 is 1.80 bits per heavy atom. The molecule has 1 aromatic rings. The van der Waals surface area contributed by atoms with Crippen molar-refractivity contribution in [3.05, 3.63) is 35.4 Å². The summed E-state index contributed by atoms with van der Waals surface area (Å²) >= 11 is 0. The van der Waals surface area contributed by atoms with Crippen LogP contribution in [0.25, 0.3) is 0 Å². The molecule has 1 aromatic carbocycles. The van der Waals surface area contributed by atoms with Crippen molar-refractivity contribution in [2.24, 2.45) is 5.73 Å². The summed E-state index contributed by atoms with van der Waals surface area (Å²) in [5, 5.41) is 2.61. The van der Waals surface area contributed by atoms with E-state index in [1.807, 2.05) is 0 Å². The predicted octanol–water partition coefficient (Wildman–Crippen LogP) is 1.51. The molecule has 7 heteroatoms. The minimum absolute atomic E-state index is 0. The number of amides is 1. The van der Waals surface area contributed by atoms with Crippen molar-refractivity contribution in [2.75, 3.05) is 13.2 Å². The number of ether oxygens (including phenoxy) is 1. The largest absolute Gasteiger partial charge is 0.381 e. The monoisotopic (exact) mass is 306 g/mol. The lowest BCUT2D eigenvalue weighted by molar-refractivity contribution is -0.129. The molecule has 0 spiro atoms. The van der Waals surface area contributed by atoms with E-state index in [0.29, 0.717) is 31.6 Å². The van der Waals surface area contributed by atoms with Crippen molar-refractivity contribution < 1.29 is 18.3 Å². The lowest BCUT2D eigenvalue weighted by Crippen LogP contribution is -2.56. The van der Waals surface area contributed by atoms with Gasteiger partial charge < -0.3 is 15.8 Å². The summed E-state index contributed by atoms with van der Waals surface area (Å²) in [6.45, 7) is 0.935. The van der Waals surface area contributed by atoms with E-state index >= 15 is 0 Å². The van der Waals surface area contributed by atoms with Gasteiger partial charge in [0.15, 0.2) is 0 Å². The number of rotatable bonds is 3. The zero-order chi connectivity index (χ0) is 13.9. The fourth-order valence-electron chi connectivity index (χ4n) is 2.03. The molecule has 0 saturated carbocycles. The number of nitrogens with two attached hydrogens (primary N) is 1. The number of carbonyl (C=O) groups is 1. The first-order valence-electron chi connectivity index (χ1n) is 6.09. The lowest BCUT2D eigenvalue weighted by Gasteiger charge is -2.31. The van der Waals surface area contributed by atoms with Crippen LogP contribution >= 0.6 is 12.4 Å². The van der Waals surface area contributed by atoms with E-state index in [2.05, 4.69) is 5.32 Å². The maximum absolute atomic E-state index is 13.0. The lowest BCUT2D eigenvalue weighted by atomic mass is 9.90. The van der Waals surface area contributed by atoms with Gasteiger partial charge in [-0.3, -0.25) is 4.79 Å². The molecule has 1 amide bonds. The highest BCUT2D eigenvalue weighted by Gasteiger charge is 2.35. The van der Waals surface area contributed by atoms with Crippen LogP contribution in [0.5, 0.6) is 0 Å². The molecule has 0 aliphatic carbocycles. The Hall–Kier alpha value is -1.24. The van der Waals surface area contributed by atoms with Gasteiger partial charge in [-0.1, -0.05) is 0 Å². The molecule has 1 heterocycles. The summed E-state index contributed by atoms with van der Waals surface area (Å²) < 4.78 is 31.1. The van der Waals surface area contributed by atoms with Gasteiger partial charge in [-0.05, 0) is 30.5 Å². The Balaban J connectivity index is 0.00000200. The molecule has 1 fully saturated rings. The quantitative estimate of drug-likeness (QED) is 0.890. The van der Waals surface area contributed by atoms with E-state index in [9.17, 15) is 13.6 Å². The highest BCUT2D eigenvalue weighted by Crippen LogP contribution is 2.18. The zero-order valence-electron chi connectivity index (χ0n) is 10.8. The van der Waals surface area contributed by atoms with E-state index in [4.69, 9.17) is 10.5 Å². The summed E-state index contributed by atoms with van der Waals surface area (Å²) in [7, 11) is 0. The molecule has 0 atom stereocenters. The third kappa shape index (κ3) is 4.13. The number of nitrogens with one attached hydrogen (secondary N) is 1. The third-order valence-electron chi connectivity index (χ3n) is 3.21. The first-order valence-corrected chi connectivity index (χ1v) is 6.09. The molecule has 1 saturated heterocycles. The van der Waals surface area contributed by atoms with E-state index in [1.165, 1.54) is 12.1 Å². The van der Waals surface area contributed by atoms with Gasteiger partial charge in [-0.25, -0.2) is 8.78 Å². The van der Waals surface area contributed by atoms with Gasteiger partial charge in [-0.2, -0.15) is 0 Å². The van der Waals surface area contributed by atoms with Crippen molar-refractivity contribution in [2.45, 2.75) is 24.9 Å². The average molecular weight is 307 g/mol. The molecule has 0 aromatic heterocycles. The van der Waals surface area contributed by atoms with Crippen LogP contribution in [0, 0.1) is 11.6 Å². The summed E-state index contributed by atoms with van der Waals surface area (Å²) in [5.74, 6) is -1.66. The second kappa shape index (κ2) is 6.97. The topological polar surface area (TPSA) is 64.4 Å². The van der Waals surface area contributed by atoms with Crippen LogP contribution in [0.15, 0.2) is 18.2 Å².